The molecule has 1 nitrogen and oxygen atoms in total. The van der Waals surface area contributed by atoms with E-state index in [4.69, 9.17) is 0 Å². The minimum atomic E-state index is -0.564. The Morgan fingerprint density at radius 3 is 1.97 bits per heavy atom. The monoisotopic (exact) mass is 401 g/mol. The molecule has 2 atom stereocenters. The van der Waals surface area contributed by atoms with Crippen LogP contribution in [0.25, 0.3) is 0 Å². The first-order valence-corrected chi connectivity index (χ1v) is 12.3. The summed E-state index contributed by atoms with van der Waals surface area (Å²) < 4.78 is 0. The lowest BCUT2D eigenvalue weighted by molar-refractivity contribution is 0.193. The van der Waals surface area contributed by atoms with Gasteiger partial charge in [0.15, 0.2) is 0 Å². The Bertz CT molecular complexity index is 853. The maximum atomic E-state index is 2.61. The van der Waals surface area contributed by atoms with Crippen LogP contribution in [0.2, 0.25) is 0 Å². The molecule has 2 heteroatoms. The highest BCUT2D eigenvalue weighted by atomic mass is 31.1. The Labute approximate surface area is 177 Å². The molecule has 1 heterocycles. The summed E-state index contributed by atoms with van der Waals surface area (Å²) in [5.74, 6) is 0.836. The van der Waals surface area contributed by atoms with Crippen LogP contribution in [0.15, 0.2) is 84.9 Å². The Kier molecular flexibility index (Phi) is 6.80. The van der Waals surface area contributed by atoms with Crippen LogP contribution in [0.1, 0.15) is 44.2 Å². The van der Waals surface area contributed by atoms with Crippen molar-refractivity contribution in [3.8, 4) is 0 Å². The minimum absolute atomic E-state index is 0.506. The third-order valence-electron chi connectivity index (χ3n) is 6.24. The van der Waals surface area contributed by atoms with E-state index in [1.807, 2.05) is 0 Å². The summed E-state index contributed by atoms with van der Waals surface area (Å²) >= 11 is 0. The van der Waals surface area contributed by atoms with Gasteiger partial charge in [-0.05, 0) is 74.6 Å². The van der Waals surface area contributed by atoms with Gasteiger partial charge in [0.25, 0.3) is 0 Å². The lowest BCUT2D eigenvalue weighted by Gasteiger charge is -2.35. The van der Waals surface area contributed by atoms with Crippen LogP contribution in [0.3, 0.4) is 0 Å². The van der Waals surface area contributed by atoms with Gasteiger partial charge in [0.2, 0.25) is 0 Å². The van der Waals surface area contributed by atoms with Crippen molar-refractivity contribution in [2.45, 2.75) is 38.6 Å². The third kappa shape index (κ3) is 4.80. The molecule has 0 bridgehead atoms. The second-order valence-electron chi connectivity index (χ2n) is 8.39. The van der Waals surface area contributed by atoms with Crippen molar-refractivity contribution >= 4 is 23.8 Å². The fourth-order valence-electron chi connectivity index (χ4n) is 4.60. The van der Waals surface area contributed by atoms with E-state index in [1.54, 1.807) is 0 Å². The first kappa shape index (κ1) is 20.3. The number of benzene rings is 3. The molecule has 2 unspecified atom stereocenters. The lowest BCUT2D eigenvalue weighted by atomic mass is 9.91. The molecule has 1 aliphatic rings. The van der Waals surface area contributed by atoms with E-state index in [0.717, 1.165) is 5.92 Å². The van der Waals surface area contributed by atoms with E-state index in [1.165, 1.54) is 53.7 Å². The Morgan fingerprint density at radius 1 is 0.724 bits per heavy atom. The largest absolute Gasteiger partial charge is 0.299 e. The van der Waals surface area contributed by atoms with Crippen LogP contribution in [-0.4, -0.2) is 18.5 Å². The molecule has 1 saturated heterocycles. The Morgan fingerprint density at radius 2 is 1.31 bits per heavy atom. The van der Waals surface area contributed by atoms with Crippen LogP contribution in [0.4, 0.5) is 0 Å². The normalized spacial score (nSPS) is 20.9. The van der Waals surface area contributed by atoms with Crippen LogP contribution in [0.5, 0.6) is 0 Å². The number of likely N-dealkylation sites (tertiary alicyclic amines) is 1. The van der Waals surface area contributed by atoms with Crippen molar-refractivity contribution < 1.29 is 0 Å². The molecule has 0 aliphatic carbocycles. The standard InChI is InChI=1S/C27H32NP/c1-22-12-11-21-28(2)26(20-19-22)25-17-9-10-18-27(25)29(23-13-5-3-6-14-23)24-15-7-4-8-16-24/h3-10,13-18,22,26H,11-12,19-21H2,1-2H3. The van der Waals surface area contributed by atoms with Crippen molar-refractivity contribution in [1.29, 1.82) is 0 Å². The highest BCUT2D eigenvalue weighted by molar-refractivity contribution is 7.79. The zero-order valence-corrected chi connectivity index (χ0v) is 18.6. The van der Waals surface area contributed by atoms with Crippen molar-refractivity contribution in [3.05, 3.63) is 90.5 Å². The van der Waals surface area contributed by atoms with Crippen molar-refractivity contribution in [2.75, 3.05) is 13.6 Å². The molecule has 1 aliphatic heterocycles. The second-order valence-corrected chi connectivity index (χ2v) is 10.6. The molecule has 0 spiro atoms. The maximum Gasteiger partial charge on any atom is 0.0351 e. The van der Waals surface area contributed by atoms with Crippen LogP contribution in [-0.2, 0) is 0 Å². The molecule has 0 amide bonds. The van der Waals surface area contributed by atoms with Gasteiger partial charge in [0.05, 0.1) is 0 Å². The van der Waals surface area contributed by atoms with Gasteiger partial charge >= 0.3 is 0 Å². The SMILES string of the molecule is CC1CCCN(C)C(c2ccccc2P(c2ccccc2)c2ccccc2)CC1. The number of hydrogen-bond acceptors (Lipinski definition) is 1. The predicted molar refractivity (Wildman–Crippen MR) is 128 cm³/mol. The van der Waals surface area contributed by atoms with E-state index in [-0.39, 0.29) is 0 Å². The topological polar surface area (TPSA) is 3.24 Å². The molecule has 3 aromatic carbocycles. The average Bonchev–Trinajstić information content (AvgIpc) is 2.75. The Balaban J connectivity index is 1.80. The summed E-state index contributed by atoms with van der Waals surface area (Å²) in [6, 6.07) is 31.9. The quantitative estimate of drug-likeness (QED) is 0.512. The smallest absolute Gasteiger partial charge is 0.0351 e. The van der Waals surface area contributed by atoms with Gasteiger partial charge in [-0.3, -0.25) is 4.90 Å². The molecule has 0 saturated carbocycles. The van der Waals surface area contributed by atoms with Gasteiger partial charge in [0.1, 0.15) is 0 Å². The van der Waals surface area contributed by atoms with E-state index in [9.17, 15) is 0 Å². The molecular weight excluding hydrogens is 369 g/mol. The molecule has 1 fully saturated rings. The summed E-state index contributed by atoms with van der Waals surface area (Å²) in [4.78, 5) is 2.61. The molecular formula is C27H32NP. The predicted octanol–water partition coefficient (Wildman–Crippen LogP) is 5.63. The van der Waals surface area contributed by atoms with Gasteiger partial charge < -0.3 is 0 Å². The zero-order valence-electron chi connectivity index (χ0n) is 17.7. The van der Waals surface area contributed by atoms with Crippen LogP contribution >= 0.6 is 7.92 Å². The van der Waals surface area contributed by atoms with Crippen LogP contribution in [0, 0.1) is 5.92 Å². The minimum Gasteiger partial charge on any atom is -0.299 e. The van der Waals surface area contributed by atoms with Gasteiger partial charge in [0, 0.05) is 6.04 Å². The Hall–Kier alpha value is -1.95. The molecule has 29 heavy (non-hydrogen) atoms. The number of nitrogens with zero attached hydrogens (tertiary/aromatic N) is 1. The number of rotatable bonds is 4. The number of hydrogen-bond donors (Lipinski definition) is 0. The van der Waals surface area contributed by atoms with Crippen molar-refractivity contribution in [3.63, 3.8) is 0 Å². The van der Waals surface area contributed by atoms with Gasteiger partial charge in [-0.1, -0.05) is 91.9 Å². The second kappa shape index (κ2) is 9.70. The van der Waals surface area contributed by atoms with Gasteiger partial charge in [-0.25, -0.2) is 0 Å². The highest BCUT2D eigenvalue weighted by Crippen LogP contribution is 2.38. The molecule has 0 aromatic heterocycles. The van der Waals surface area contributed by atoms with Crippen molar-refractivity contribution in [1.82, 2.24) is 4.90 Å². The molecule has 4 rings (SSSR count). The molecule has 0 radical (unpaired) electrons. The van der Waals surface area contributed by atoms with Crippen LogP contribution < -0.4 is 15.9 Å². The first-order valence-electron chi connectivity index (χ1n) is 10.9. The summed E-state index contributed by atoms with van der Waals surface area (Å²) in [7, 11) is 1.76. The van der Waals surface area contributed by atoms with Crippen molar-refractivity contribution in [2.24, 2.45) is 5.92 Å². The highest BCUT2D eigenvalue weighted by Gasteiger charge is 2.26. The summed E-state index contributed by atoms with van der Waals surface area (Å²) in [6.45, 7) is 3.62. The molecule has 0 N–H and O–H groups in total. The van der Waals surface area contributed by atoms with Gasteiger partial charge in [-0.2, -0.15) is 0 Å². The molecule has 3 aromatic rings. The van der Waals surface area contributed by atoms with E-state index in [2.05, 4.69) is 104 Å². The summed E-state index contributed by atoms with van der Waals surface area (Å²) in [5.41, 5.74) is 1.53. The van der Waals surface area contributed by atoms with Gasteiger partial charge in [-0.15, -0.1) is 0 Å². The van der Waals surface area contributed by atoms with E-state index < -0.39 is 7.92 Å². The first-order chi connectivity index (χ1) is 14.2. The molecule has 150 valence electrons. The fourth-order valence-corrected chi connectivity index (χ4v) is 7.11. The van der Waals surface area contributed by atoms with E-state index >= 15 is 0 Å². The zero-order chi connectivity index (χ0) is 20.1. The maximum absolute atomic E-state index is 2.61. The fraction of sp³-hybridized carbons (Fsp3) is 0.333. The van der Waals surface area contributed by atoms with E-state index in [0.29, 0.717) is 6.04 Å². The third-order valence-corrected chi connectivity index (χ3v) is 8.76. The lowest BCUT2D eigenvalue weighted by Crippen LogP contribution is -2.33. The average molecular weight is 402 g/mol. The summed E-state index contributed by atoms with van der Waals surface area (Å²) in [5, 5.41) is 4.39. The summed E-state index contributed by atoms with van der Waals surface area (Å²) in [6.07, 6.45) is 5.24.